The normalized spacial score (nSPS) is 49.8. The maximum absolute atomic E-state index is 6.11. The third kappa shape index (κ3) is 0.986. The van der Waals surface area contributed by atoms with Gasteiger partial charge in [-0.3, -0.25) is 0 Å². The van der Waals surface area contributed by atoms with Crippen LogP contribution in [0.4, 0.5) is 0 Å². The zero-order valence-corrected chi connectivity index (χ0v) is 7.98. The predicted molar refractivity (Wildman–Crippen MR) is 55.3 cm³/mol. The fourth-order valence-corrected chi connectivity index (χ4v) is 2.96. The Morgan fingerprint density at radius 2 is 1.62 bits per heavy atom. The van der Waals surface area contributed by atoms with Crippen LogP contribution < -0.4 is 0 Å². The second kappa shape index (κ2) is 2.62. The van der Waals surface area contributed by atoms with Crippen molar-refractivity contribution in [3.05, 3.63) is 47.6 Å². The first kappa shape index (κ1) is 7.64. The molecule has 66 valence electrons. The molecule has 1 heteroatoms. The van der Waals surface area contributed by atoms with E-state index in [1.165, 1.54) is 0 Å². The van der Waals surface area contributed by atoms with Gasteiger partial charge in [0.2, 0.25) is 0 Å². The number of rotatable bonds is 0. The third-order valence-corrected chi connectivity index (χ3v) is 3.66. The first-order valence-electron chi connectivity index (χ1n) is 4.77. The summed E-state index contributed by atoms with van der Waals surface area (Å²) >= 11 is 6.11. The molecule has 0 heterocycles. The van der Waals surface area contributed by atoms with Gasteiger partial charge < -0.3 is 0 Å². The second-order valence-electron chi connectivity index (χ2n) is 3.96. The Kier molecular flexibility index (Phi) is 1.54. The molecule has 3 rings (SSSR count). The van der Waals surface area contributed by atoms with E-state index >= 15 is 0 Å². The maximum atomic E-state index is 6.11. The summed E-state index contributed by atoms with van der Waals surface area (Å²) in [4.78, 5) is 0. The van der Waals surface area contributed by atoms with Gasteiger partial charge >= 0.3 is 0 Å². The quantitative estimate of drug-likeness (QED) is 0.515. The Labute approximate surface area is 83.3 Å². The average molecular weight is 191 g/mol. The molecule has 0 radical (unpaired) electrons. The summed E-state index contributed by atoms with van der Waals surface area (Å²) in [6.07, 6.45) is 15.6. The summed E-state index contributed by atoms with van der Waals surface area (Å²) in [5, 5.41) is 1.06. The van der Waals surface area contributed by atoms with Crippen molar-refractivity contribution in [3.63, 3.8) is 0 Å². The van der Waals surface area contributed by atoms with E-state index in [0.717, 1.165) is 5.03 Å². The molecule has 0 spiro atoms. The smallest absolute Gasteiger partial charge is 0.0190 e. The summed E-state index contributed by atoms with van der Waals surface area (Å²) in [7, 11) is 0. The summed E-state index contributed by atoms with van der Waals surface area (Å²) in [5.41, 5.74) is 0. The zero-order chi connectivity index (χ0) is 8.84. The maximum Gasteiger partial charge on any atom is 0.0190 e. The Balaban J connectivity index is 2.08. The van der Waals surface area contributed by atoms with Crippen molar-refractivity contribution in [1.29, 1.82) is 0 Å². The molecule has 4 unspecified atom stereocenters. The topological polar surface area (TPSA) is 0 Å². The van der Waals surface area contributed by atoms with Crippen LogP contribution in [0.3, 0.4) is 0 Å². The lowest BCUT2D eigenvalue weighted by atomic mass is 9.63. The second-order valence-corrected chi connectivity index (χ2v) is 4.40. The van der Waals surface area contributed by atoms with E-state index in [9.17, 15) is 0 Å². The molecule has 0 saturated heterocycles. The van der Waals surface area contributed by atoms with E-state index in [1.54, 1.807) is 0 Å². The predicted octanol–water partition coefficient (Wildman–Crippen LogP) is 3.28. The van der Waals surface area contributed by atoms with Crippen LogP contribution in [0.1, 0.15) is 0 Å². The van der Waals surface area contributed by atoms with Gasteiger partial charge in [0.15, 0.2) is 0 Å². The molecule has 3 aliphatic rings. The van der Waals surface area contributed by atoms with Crippen LogP contribution in [0.25, 0.3) is 0 Å². The van der Waals surface area contributed by atoms with Gasteiger partial charge in [0, 0.05) is 22.8 Å². The van der Waals surface area contributed by atoms with Crippen molar-refractivity contribution in [1.82, 2.24) is 0 Å². The van der Waals surface area contributed by atoms with Crippen molar-refractivity contribution in [2.45, 2.75) is 0 Å². The van der Waals surface area contributed by atoms with Gasteiger partial charge in [-0.05, 0) is 5.92 Å². The summed E-state index contributed by atoms with van der Waals surface area (Å²) < 4.78 is 0. The molecular formula is C12H11Cl. The summed E-state index contributed by atoms with van der Waals surface area (Å²) in [6, 6.07) is 0. The Morgan fingerprint density at radius 3 is 2.38 bits per heavy atom. The van der Waals surface area contributed by atoms with E-state index in [2.05, 4.69) is 42.5 Å². The highest BCUT2D eigenvalue weighted by atomic mass is 35.5. The number of allylic oxidation sites excluding steroid dienone is 8. The lowest BCUT2D eigenvalue weighted by Gasteiger charge is -2.43. The molecule has 0 aromatic heterocycles. The Bertz CT molecular complexity index is 346. The fourth-order valence-electron chi connectivity index (χ4n) is 2.52. The van der Waals surface area contributed by atoms with Crippen LogP contribution >= 0.6 is 11.6 Å². The first-order valence-corrected chi connectivity index (χ1v) is 5.14. The lowest BCUT2D eigenvalue weighted by molar-refractivity contribution is 0.304. The fraction of sp³-hybridized carbons (Fsp3) is 0.333. The van der Waals surface area contributed by atoms with Crippen LogP contribution in [-0.4, -0.2) is 0 Å². The highest BCUT2D eigenvalue weighted by Crippen LogP contribution is 2.50. The monoisotopic (exact) mass is 190 g/mol. The molecule has 13 heavy (non-hydrogen) atoms. The molecule has 0 amide bonds. The molecule has 0 fully saturated rings. The van der Waals surface area contributed by atoms with Gasteiger partial charge in [0.05, 0.1) is 0 Å². The molecule has 0 aromatic rings. The zero-order valence-electron chi connectivity index (χ0n) is 7.23. The number of hydrogen-bond acceptors (Lipinski definition) is 0. The minimum absolute atomic E-state index is 0.531. The van der Waals surface area contributed by atoms with Crippen LogP contribution in [-0.2, 0) is 0 Å². The van der Waals surface area contributed by atoms with Crippen LogP contribution in [0.5, 0.6) is 0 Å². The summed E-state index contributed by atoms with van der Waals surface area (Å²) in [5.74, 6) is 2.33. The highest BCUT2D eigenvalue weighted by Gasteiger charge is 2.41. The molecule has 0 aromatic carbocycles. The van der Waals surface area contributed by atoms with E-state index < -0.39 is 0 Å². The van der Waals surface area contributed by atoms with Gasteiger partial charge in [-0.2, -0.15) is 0 Å². The van der Waals surface area contributed by atoms with Crippen molar-refractivity contribution >= 4 is 11.6 Å². The van der Waals surface area contributed by atoms with Crippen molar-refractivity contribution in [3.8, 4) is 0 Å². The van der Waals surface area contributed by atoms with E-state index in [0.29, 0.717) is 23.7 Å². The van der Waals surface area contributed by atoms with Crippen molar-refractivity contribution in [2.24, 2.45) is 23.7 Å². The van der Waals surface area contributed by atoms with Crippen LogP contribution in [0.2, 0.25) is 0 Å². The Morgan fingerprint density at radius 1 is 0.923 bits per heavy atom. The van der Waals surface area contributed by atoms with Gasteiger partial charge in [0.25, 0.3) is 0 Å². The molecule has 3 aliphatic carbocycles. The van der Waals surface area contributed by atoms with Gasteiger partial charge in [0.1, 0.15) is 0 Å². The van der Waals surface area contributed by atoms with Crippen LogP contribution in [0, 0.1) is 23.7 Å². The van der Waals surface area contributed by atoms with E-state index in [4.69, 9.17) is 11.6 Å². The van der Waals surface area contributed by atoms with Crippen molar-refractivity contribution in [2.75, 3.05) is 0 Å². The van der Waals surface area contributed by atoms with E-state index in [-0.39, 0.29) is 0 Å². The summed E-state index contributed by atoms with van der Waals surface area (Å²) in [6.45, 7) is 0. The number of hydrogen-bond donors (Lipinski definition) is 0. The molecule has 2 bridgehead atoms. The van der Waals surface area contributed by atoms with E-state index in [1.807, 2.05) is 0 Å². The van der Waals surface area contributed by atoms with Gasteiger partial charge in [-0.15, -0.1) is 0 Å². The number of halogens is 1. The molecule has 0 aliphatic heterocycles. The third-order valence-electron chi connectivity index (χ3n) is 3.28. The largest absolute Gasteiger partial charge is 0.0891 e. The first-order chi connectivity index (χ1) is 6.36. The minimum atomic E-state index is 0.531. The average Bonchev–Trinajstić information content (AvgIpc) is 2.06. The van der Waals surface area contributed by atoms with Gasteiger partial charge in [-0.1, -0.05) is 54.1 Å². The van der Waals surface area contributed by atoms with Gasteiger partial charge in [-0.25, -0.2) is 0 Å². The Hall–Kier alpha value is -0.750. The van der Waals surface area contributed by atoms with Crippen LogP contribution in [0.15, 0.2) is 47.6 Å². The number of fused-ring (bicyclic) bond motifs is 5. The minimum Gasteiger partial charge on any atom is -0.0891 e. The molecule has 4 atom stereocenters. The molecule has 0 nitrogen and oxygen atoms in total. The van der Waals surface area contributed by atoms with Crippen molar-refractivity contribution < 1.29 is 0 Å². The SMILES string of the molecule is ClC1=CC2C3C=CC(/C=C\C=C\3)C12. The molecule has 0 N–H and O–H groups in total. The highest BCUT2D eigenvalue weighted by molar-refractivity contribution is 6.30. The standard InChI is InChI=1S/C12H11Cl/c13-11-7-10-8-3-1-2-4-9(6-5-8)12(10)11/h1-10,12H/b3-1+,4-2-. The molecule has 0 saturated carbocycles. The molecular weight excluding hydrogens is 180 g/mol. The lowest BCUT2D eigenvalue weighted by Crippen LogP contribution is -2.36.